The van der Waals surface area contributed by atoms with E-state index < -0.39 is 11.8 Å². The molecule has 4 heteroatoms. The molecule has 0 aromatic carbocycles. The summed E-state index contributed by atoms with van der Waals surface area (Å²) < 4.78 is 0. The fourth-order valence-corrected chi connectivity index (χ4v) is 1.55. The number of imide groups is 1. The molecule has 1 rings (SSSR count). The maximum atomic E-state index is 11.2. The summed E-state index contributed by atoms with van der Waals surface area (Å²) in [6, 6.07) is 0. The van der Waals surface area contributed by atoms with Crippen molar-refractivity contribution in [1.82, 2.24) is 5.06 Å². The molecule has 0 aliphatic carbocycles. The Morgan fingerprint density at radius 1 is 1.46 bits per heavy atom. The summed E-state index contributed by atoms with van der Waals surface area (Å²) in [6.07, 6.45) is 4.02. The maximum absolute atomic E-state index is 11.2. The molecule has 0 saturated carbocycles. The van der Waals surface area contributed by atoms with Crippen LogP contribution in [0.3, 0.4) is 0 Å². The topological polar surface area (TPSA) is 57.6 Å². The van der Waals surface area contributed by atoms with Crippen LogP contribution in [0.25, 0.3) is 0 Å². The first-order valence-electron chi connectivity index (χ1n) is 4.72. The third-order valence-electron chi connectivity index (χ3n) is 2.37. The summed E-state index contributed by atoms with van der Waals surface area (Å²) in [5.74, 6) is -1.17. The van der Waals surface area contributed by atoms with Gasteiger partial charge in [0.2, 0.25) is 0 Å². The summed E-state index contributed by atoms with van der Waals surface area (Å²) in [5, 5.41) is 9.19. The van der Waals surface area contributed by atoms with Gasteiger partial charge in [-0.2, -0.15) is 5.06 Å². The van der Waals surface area contributed by atoms with Crippen LogP contribution in [0.1, 0.15) is 39.0 Å². The number of hydroxylamine groups is 2. The van der Waals surface area contributed by atoms with E-state index in [1.54, 1.807) is 0 Å². The van der Waals surface area contributed by atoms with E-state index >= 15 is 0 Å². The highest BCUT2D eigenvalue weighted by molar-refractivity contribution is 6.02. The van der Waals surface area contributed by atoms with Crippen molar-refractivity contribution in [2.75, 3.05) is 0 Å². The zero-order valence-electron chi connectivity index (χ0n) is 7.82. The minimum absolute atomic E-state index is 0.180. The molecule has 1 N–H and O–H groups in total. The molecule has 4 nitrogen and oxygen atoms in total. The molecule has 0 aromatic rings. The quantitative estimate of drug-likeness (QED) is 0.408. The van der Waals surface area contributed by atoms with Crippen LogP contribution in [-0.4, -0.2) is 22.1 Å². The largest absolute Gasteiger partial charge is 0.279 e. The Kier molecular flexibility index (Phi) is 3.42. The van der Waals surface area contributed by atoms with E-state index in [4.69, 9.17) is 5.21 Å². The minimum atomic E-state index is -0.466. The first-order valence-corrected chi connectivity index (χ1v) is 4.72. The van der Waals surface area contributed by atoms with Gasteiger partial charge in [0, 0.05) is 12.3 Å². The van der Waals surface area contributed by atoms with Gasteiger partial charge in [0.05, 0.1) is 0 Å². The second-order valence-electron chi connectivity index (χ2n) is 3.44. The van der Waals surface area contributed by atoms with Crippen molar-refractivity contribution in [3.63, 3.8) is 0 Å². The fourth-order valence-electron chi connectivity index (χ4n) is 1.55. The zero-order chi connectivity index (χ0) is 9.84. The lowest BCUT2D eigenvalue weighted by atomic mass is 10.00. The number of carbonyl (C=O) groups excluding carboxylic acids is 2. The van der Waals surface area contributed by atoms with Gasteiger partial charge in [0.15, 0.2) is 0 Å². The Bertz CT molecular complexity index is 215. The summed E-state index contributed by atoms with van der Waals surface area (Å²) >= 11 is 0. The first-order chi connectivity index (χ1) is 6.16. The van der Waals surface area contributed by atoms with Crippen molar-refractivity contribution in [2.24, 2.45) is 5.92 Å². The van der Waals surface area contributed by atoms with Gasteiger partial charge >= 0.3 is 0 Å². The molecule has 1 aliphatic rings. The van der Waals surface area contributed by atoms with Crippen LogP contribution in [-0.2, 0) is 9.59 Å². The Labute approximate surface area is 77.5 Å². The van der Waals surface area contributed by atoms with Gasteiger partial charge in [-0.1, -0.05) is 26.2 Å². The molecule has 13 heavy (non-hydrogen) atoms. The van der Waals surface area contributed by atoms with Gasteiger partial charge in [-0.05, 0) is 6.42 Å². The summed E-state index contributed by atoms with van der Waals surface area (Å²) in [6.45, 7) is 2.08. The van der Waals surface area contributed by atoms with Crippen LogP contribution in [0.15, 0.2) is 0 Å². The van der Waals surface area contributed by atoms with Crippen LogP contribution < -0.4 is 0 Å². The Morgan fingerprint density at radius 2 is 2.15 bits per heavy atom. The lowest BCUT2D eigenvalue weighted by Gasteiger charge is -2.06. The van der Waals surface area contributed by atoms with Gasteiger partial charge in [0.1, 0.15) is 0 Å². The van der Waals surface area contributed by atoms with E-state index in [0.717, 1.165) is 25.7 Å². The van der Waals surface area contributed by atoms with Crippen LogP contribution in [0, 0.1) is 5.92 Å². The maximum Gasteiger partial charge on any atom is 0.256 e. The molecule has 0 spiro atoms. The van der Waals surface area contributed by atoms with E-state index in [0.29, 0.717) is 0 Å². The highest BCUT2D eigenvalue weighted by Crippen LogP contribution is 2.23. The average molecular weight is 185 g/mol. The predicted octanol–water partition coefficient (Wildman–Crippen LogP) is 1.33. The number of rotatable bonds is 4. The number of amides is 2. The minimum Gasteiger partial charge on any atom is -0.279 e. The first kappa shape index (κ1) is 10.2. The van der Waals surface area contributed by atoms with Crippen LogP contribution in [0.5, 0.6) is 0 Å². The SMILES string of the molecule is CCCCCC1CC(=O)N(O)C1=O. The molecule has 1 atom stereocenters. The van der Waals surface area contributed by atoms with Crippen molar-refractivity contribution in [2.45, 2.75) is 39.0 Å². The van der Waals surface area contributed by atoms with Gasteiger partial charge < -0.3 is 0 Å². The number of hydrogen-bond acceptors (Lipinski definition) is 3. The molecule has 2 amide bonds. The molecule has 1 unspecified atom stereocenters. The van der Waals surface area contributed by atoms with Gasteiger partial charge in [-0.15, -0.1) is 0 Å². The second-order valence-corrected chi connectivity index (χ2v) is 3.44. The molecule has 1 aliphatic heterocycles. The lowest BCUT2D eigenvalue weighted by Crippen LogP contribution is -2.26. The smallest absolute Gasteiger partial charge is 0.256 e. The van der Waals surface area contributed by atoms with Crippen LogP contribution in [0.2, 0.25) is 0 Å². The van der Waals surface area contributed by atoms with Crippen LogP contribution in [0.4, 0.5) is 0 Å². The molecule has 0 aromatic heterocycles. The third kappa shape index (κ3) is 2.28. The Hall–Kier alpha value is -0.900. The Morgan fingerprint density at radius 3 is 2.62 bits per heavy atom. The van der Waals surface area contributed by atoms with E-state index in [1.807, 2.05) is 0 Å². The lowest BCUT2D eigenvalue weighted by molar-refractivity contribution is -0.172. The van der Waals surface area contributed by atoms with E-state index in [9.17, 15) is 9.59 Å². The van der Waals surface area contributed by atoms with E-state index in [-0.39, 0.29) is 17.4 Å². The summed E-state index contributed by atoms with van der Waals surface area (Å²) in [7, 11) is 0. The van der Waals surface area contributed by atoms with Crippen molar-refractivity contribution in [3.05, 3.63) is 0 Å². The molecular formula is C9H15NO3. The fraction of sp³-hybridized carbons (Fsp3) is 0.778. The molecule has 74 valence electrons. The van der Waals surface area contributed by atoms with Gasteiger partial charge in [-0.3, -0.25) is 14.8 Å². The molecular weight excluding hydrogens is 170 g/mol. The molecule has 1 heterocycles. The number of hydrogen-bond donors (Lipinski definition) is 1. The Balaban J connectivity index is 2.36. The van der Waals surface area contributed by atoms with Gasteiger partial charge in [0.25, 0.3) is 11.8 Å². The third-order valence-corrected chi connectivity index (χ3v) is 2.37. The molecule has 1 fully saturated rings. The zero-order valence-corrected chi connectivity index (χ0v) is 7.82. The highest BCUT2D eigenvalue weighted by atomic mass is 16.5. The highest BCUT2D eigenvalue weighted by Gasteiger charge is 2.37. The van der Waals surface area contributed by atoms with Gasteiger partial charge in [-0.25, -0.2) is 0 Å². The van der Waals surface area contributed by atoms with E-state index in [1.165, 1.54) is 0 Å². The van der Waals surface area contributed by atoms with Crippen molar-refractivity contribution >= 4 is 11.8 Å². The number of unbranched alkanes of at least 4 members (excludes halogenated alkanes) is 2. The van der Waals surface area contributed by atoms with Crippen molar-refractivity contribution in [1.29, 1.82) is 0 Å². The van der Waals surface area contributed by atoms with Crippen molar-refractivity contribution in [3.8, 4) is 0 Å². The van der Waals surface area contributed by atoms with Crippen LogP contribution >= 0.6 is 0 Å². The standard InChI is InChI=1S/C9H15NO3/c1-2-3-4-5-7-6-8(11)10(13)9(7)12/h7,13H,2-6H2,1H3. The summed E-state index contributed by atoms with van der Waals surface area (Å²) in [5.41, 5.74) is 0. The monoisotopic (exact) mass is 185 g/mol. The summed E-state index contributed by atoms with van der Waals surface area (Å²) in [4.78, 5) is 22.0. The predicted molar refractivity (Wildman–Crippen MR) is 45.9 cm³/mol. The molecule has 1 saturated heterocycles. The normalized spacial score (nSPS) is 22.9. The number of nitrogens with zero attached hydrogens (tertiary/aromatic N) is 1. The average Bonchev–Trinajstić information content (AvgIpc) is 2.34. The van der Waals surface area contributed by atoms with E-state index in [2.05, 4.69) is 6.92 Å². The number of carbonyl (C=O) groups is 2. The molecule has 0 bridgehead atoms. The second kappa shape index (κ2) is 4.37. The molecule has 0 radical (unpaired) electrons. The van der Waals surface area contributed by atoms with Crippen molar-refractivity contribution < 1.29 is 14.8 Å².